The highest BCUT2D eigenvalue weighted by atomic mass is 15.2. The van der Waals surface area contributed by atoms with Crippen LogP contribution < -0.4 is 5.73 Å². The number of benzene rings is 1. The summed E-state index contributed by atoms with van der Waals surface area (Å²) in [6.45, 7) is 5.07. The zero-order valence-electron chi connectivity index (χ0n) is 12.7. The van der Waals surface area contributed by atoms with Gasteiger partial charge in [0.25, 0.3) is 0 Å². The van der Waals surface area contributed by atoms with E-state index in [1.54, 1.807) is 0 Å². The van der Waals surface area contributed by atoms with E-state index < -0.39 is 0 Å². The van der Waals surface area contributed by atoms with E-state index in [9.17, 15) is 0 Å². The first-order valence-corrected chi connectivity index (χ1v) is 7.62. The topological polar surface area (TPSA) is 29.3 Å². The van der Waals surface area contributed by atoms with Gasteiger partial charge in [-0.2, -0.15) is 0 Å². The fourth-order valence-corrected chi connectivity index (χ4v) is 3.45. The third-order valence-corrected chi connectivity index (χ3v) is 4.65. The number of rotatable bonds is 4. The molecule has 0 spiro atoms. The second-order valence-electron chi connectivity index (χ2n) is 6.07. The van der Waals surface area contributed by atoms with Crippen molar-refractivity contribution in [3.05, 3.63) is 34.9 Å². The van der Waals surface area contributed by atoms with Gasteiger partial charge in [0.05, 0.1) is 0 Å². The number of aryl methyl sites for hydroxylation is 2. The third-order valence-electron chi connectivity index (χ3n) is 4.65. The first kappa shape index (κ1) is 14.5. The van der Waals surface area contributed by atoms with Crippen molar-refractivity contribution in [2.75, 3.05) is 13.6 Å². The van der Waals surface area contributed by atoms with E-state index in [1.807, 2.05) is 0 Å². The molecular weight excluding hydrogens is 232 g/mol. The minimum absolute atomic E-state index is 0.365. The molecule has 1 aromatic carbocycles. The second-order valence-corrected chi connectivity index (χ2v) is 6.07. The van der Waals surface area contributed by atoms with Gasteiger partial charge < -0.3 is 5.73 Å². The number of hydrogen-bond donors (Lipinski definition) is 1. The molecule has 2 rings (SSSR count). The van der Waals surface area contributed by atoms with Crippen molar-refractivity contribution in [1.29, 1.82) is 0 Å². The van der Waals surface area contributed by atoms with E-state index in [-0.39, 0.29) is 0 Å². The Balaban J connectivity index is 2.18. The Kier molecular flexibility index (Phi) is 5.00. The molecule has 1 saturated carbocycles. The number of likely N-dealkylation sites (N-methyl/N-ethyl adjacent to an activating group) is 1. The van der Waals surface area contributed by atoms with Crippen molar-refractivity contribution in [1.82, 2.24) is 4.90 Å². The molecule has 1 aromatic rings. The van der Waals surface area contributed by atoms with Gasteiger partial charge in [-0.15, -0.1) is 0 Å². The summed E-state index contributed by atoms with van der Waals surface area (Å²) >= 11 is 0. The van der Waals surface area contributed by atoms with E-state index in [4.69, 9.17) is 5.73 Å². The van der Waals surface area contributed by atoms with Crippen LogP contribution >= 0.6 is 0 Å². The molecule has 1 atom stereocenters. The zero-order chi connectivity index (χ0) is 13.8. The summed E-state index contributed by atoms with van der Waals surface area (Å²) in [6.07, 6.45) is 6.81. The number of hydrogen-bond acceptors (Lipinski definition) is 2. The number of nitrogens with zero attached hydrogens (tertiary/aromatic N) is 1. The Hall–Kier alpha value is -0.860. The average Bonchev–Trinajstić information content (AvgIpc) is 2.42. The molecular formula is C17H28N2. The van der Waals surface area contributed by atoms with Crippen LogP contribution in [0, 0.1) is 13.8 Å². The van der Waals surface area contributed by atoms with Crippen molar-refractivity contribution >= 4 is 0 Å². The maximum absolute atomic E-state index is 6.08. The predicted molar refractivity (Wildman–Crippen MR) is 82.3 cm³/mol. The minimum atomic E-state index is 0.365. The van der Waals surface area contributed by atoms with Gasteiger partial charge in [0.15, 0.2) is 0 Å². The van der Waals surface area contributed by atoms with Crippen LogP contribution in [-0.2, 0) is 0 Å². The lowest BCUT2D eigenvalue weighted by Crippen LogP contribution is -2.40. The molecule has 0 amide bonds. The maximum atomic E-state index is 6.08. The van der Waals surface area contributed by atoms with Crippen LogP contribution in [-0.4, -0.2) is 24.5 Å². The highest BCUT2D eigenvalue weighted by Gasteiger charge is 2.25. The van der Waals surface area contributed by atoms with Gasteiger partial charge >= 0.3 is 0 Å². The summed E-state index contributed by atoms with van der Waals surface area (Å²) in [4.78, 5) is 2.52. The van der Waals surface area contributed by atoms with Crippen LogP contribution in [0.15, 0.2) is 18.2 Å². The van der Waals surface area contributed by atoms with Crippen LogP contribution in [0.25, 0.3) is 0 Å². The quantitative estimate of drug-likeness (QED) is 0.896. The van der Waals surface area contributed by atoms with E-state index in [1.165, 1.54) is 48.8 Å². The lowest BCUT2D eigenvalue weighted by molar-refractivity contribution is 0.140. The zero-order valence-corrected chi connectivity index (χ0v) is 12.7. The van der Waals surface area contributed by atoms with Crippen molar-refractivity contribution in [2.45, 2.75) is 58.0 Å². The highest BCUT2D eigenvalue weighted by Crippen LogP contribution is 2.30. The Morgan fingerprint density at radius 3 is 2.47 bits per heavy atom. The maximum Gasteiger partial charge on any atom is 0.0472 e. The standard InChI is InChI=1S/C17H28N2/c1-13-9-10-16(14(2)11-13)17(12-18)19(3)15-7-5-4-6-8-15/h9-11,15,17H,4-8,12,18H2,1-3H3. The Bertz CT molecular complexity index is 408. The van der Waals surface area contributed by atoms with E-state index >= 15 is 0 Å². The fourth-order valence-electron chi connectivity index (χ4n) is 3.45. The molecule has 1 fully saturated rings. The first-order valence-electron chi connectivity index (χ1n) is 7.62. The Morgan fingerprint density at radius 2 is 1.89 bits per heavy atom. The van der Waals surface area contributed by atoms with Crippen LogP contribution in [0.4, 0.5) is 0 Å². The van der Waals surface area contributed by atoms with E-state index in [0.717, 1.165) is 0 Å². The van der Waals surface area contributed by atoms with Gasteiger partial charge in [-0.3, -0.25) is 4.90 Å². The predicted octanol–water partition coefficient (Wildman–Crippen LogP) is 3.57. The summed E-state index contributed by atoms with van der Waals surface area (Å²) in [6, 6.07) is 7.82. The van der Waals surface area contributed by atoms with Crippen molar-refractivity contribution in [3.63, 3.8) is 0 Å². The molecule has 0 saturated heterocycles. The monoisotopic (exact) mass is 260 g/mol. The Morgan fingerprint density at radius 1 is 1.21 bits per heavy atom. The SMILES string of the molecule is Cc1ccc(C(CN)N(C)C2CCCCC2)c(C)c1. The third kappa shape index (κ3) is 3.37. The van der Waals surface area contributed by atoms with Crippen LogP contribution in [0.5, 0.6) is 0 Å². The lowest BCUT2D eigenvalue weighted by atomic mass is 9.91. The van der Waals surface area contributed by atoms with Crippen LogP contribution in [0.1, 0.15) is 54.8 Å². The minimum Gasteiger partial charge on any atom is -0.329 e. The van der Waals surface area contributed by atoms with Gasteiger partial charge in [0, 0.05) is 18.6 Å². The van der Waals surface area contributed by atoms with Crippen molar-refractivity contribution in [2.24, 2.45) is 5.73 Å². The summed E-state index contributed by atoms with van der Waals surface area (Å²) in [5, 5.41) is 0. The largest absolute Gasteiger partial charge is 0.329 e. The smallest absolute Gasteiger partial charge is 0.0472 e. The number of nitrogens with two attached hydrogens (primary N) is 1. The van der Waals surface area contributed by atoms with Crippen LogP contribution in [0.2, 0.25) is 0 Å². The molecule has 1 aliphatic carbocycles. The summed E-state index contributed by atoms with van der Waals surface area (Å²) in [5.41, 5.74) is 10.2. The molecule has 106 valence electrons. The van der Waals surface area contributed by atoms with Gasteiger partial charge in [-0.05, 0) is 44.9 Å². The molecule has 1 unspecified atom stereocenters. The second kappa shape index (κ2) is 6.53. The highest BCUT2D eigenvalue weighted by molar-refractivity contribution is 5.33. The van der Waals surface area contributed by atoms with Crippen LogP contribution in [0.3, 0.4) is 0 Å². The molecule has 0 bridgehead atoms. The Labute approximate surface area is 118 Å². The normalized spacial score (nSPS) is 18.8. The molecule has 2 nitrogen and oxygen atoms in total. The summed E-state index contributed by atoms with van der Waals surface area (Å²) in [5.74, 6) is 0. The van der Waals surface area contributed by atoms with E-state index in [0.29, 0.717) is 18.6 Å². The van der Waals surface area contributed by atoms with Crippen molar-refractivity contribution in [3.8, 4) is 0 Å². The van der Waals surface area contributed by atoms with Gasteiger partial charge in [-0.25, -0.2) is 0 Å². The average molecular weight is 260 g/mol. The van der Waals surface area contributed by atoms with Gasteiger partial charge in [-0.1, -0.05) is 43.0 Å². The van der Waals surface area contributed by atoms with Crippen molar-refractivity contribution < 1.29 is 0 Å². The van der Waals surface area contributed by atoms with Gasteiger partial charge in [0.2, 0.25) is 0 Å². The van der Waals surface area contributed by atoms with E-state index in [2.05, 4.69) is 44.0 Å². The summed E-state index contributed by atoms with van der Waals surface area (Å²) < 4.78 is 0. The molecule has 2 N–H and O–H groups in total. The molecule has 1 aliphatic rings. The molecule has 0 aliphatic heterocycles. The fraction of sp³-hybridized carbons (Fsp3) is 0.647. The lowest BCUT2D eigenvalue weighted by Gasteiger charge is -2.37. The molecule has 2 heteroatoms. The molecule has 0 heterocycles. The first-order chi connectivity index (χ1) is 9.13. The molecule has 0 aromatic heterocycles. The summed E-state index contributed by atoms with van der Waals surface area (Å²) in [7, 11) is 2.26. The van der Waals surface area contributed by atoms with Gasteiger partial charge in [0.1, 0.15) is 0 Å². The molecule has 0 radical (unpaired) electrons. The molecule has 19 heavy (non-hydrogen) atoms.